The van der Waals surface area contributed by atoms with E-state index in [0.717, 1.165) is 10.4 Å². The van der Waals surface area contributed by atoms with Gasteiger partial charge in [-0.25, -0.2) is 0 Å². The van der Waals surface area contributed by atoms with Crippen LogP contribution in [0.25, 0.3) is 0 Å². The largest absolute Gasteiger partial charge is 0.503 e. The van der Waals surface area contributed by atoms with Crippen LogP contribution < -0.4 is 9.64 Å². The van der Waals surface area contributed by atoms with Crippen LogP contribution in [-0.4, -0.2) is 23.9 Å². The van der Waals surface area contributed by atoms with Gasteiger partial charge in [-0.3, -0.25) is 14.5 Å². The van der Waals surface area contributed by atoms with Gasteiger partial charge >= 0.3 is 0 Å². The third-order valence-corrected chi connectivity index (χ3v) is 6.62. The summed E-state index contributed by atoms with van der Waals surface area (Å²) in [4.78, 5) is 29.0. The molecule has 1 aromatic carbocycles. The highest BCUT2D eigenvalue weighted by Crippen LogP contribution is 2.45. The average Bonchev–Trinajstić information content (AvgIpc) is 3.43. The van der Waals surface area contributed by atoms with Crippen molar-refractivity contribution in [3.05, 3.63) is 79.9 Å². The summed E-state index contributed by atoms with van der Waals surface area (Å²) < 4.78 is 5.28. The number of aliphatic hydroxyl groups is 1. The standard InChI is InChI=1S/C21H17NO4S2/c1-12-8-10-28-20(12)17-16(18(23)15-7-4-9-27-15)19(24)21(25)22(17)13-5-3-6-14(11-13)26-2/h3-11,17,24H,1-2H3. The molecule has 0 bridgehead atoms. The fraction of sp³-hybridized carbons (Fsp3) is 0.143. The lowest BCUT2D eigenvalue weighted by Gasteiger charge is -2.26. The molecule has 5 nitrogen and oxygen atoms in total. The Balaban J connectivity index is 1.89. The molecule has 3 heterocycles. The number of ether oxygens (including phenoxy) is 1. The quantitative estimate of drug-likeness (QED) is 0.606. The van der Waals surface area contributed by atoms with Gasteiger partial charge in [0, 0.05) is 16.6 Å². The molecule has 1 aliphatic heterocycles. The number of ketones is 1. The van der Waals surface area contributed by atoms with Gasteiger partial charge in [-0.05, 0) is 47.5 Å². The molecule has 142 valence electrons. The second-order valence-corrected chi connectivity index (χ2v) is 8.21. The van der Waals surface area contributed by atoms with Gasteiger partial charge in [0.15, 0.2) is 5.76 Å². The van der Waals surface area contributed by atoms with Gasteiger partial charge in [-0.15, -0.1) is 22.7 Å². The number of carbonyl (C=O) groups is 2. The fourth-order valence-electron chi connectivity index (χ4n) is 3.32. The number of hydrogen-bond acceptors (Lipinski definition) is 6. The van der Waals surface area contributed by atoms with Gasteiger partial charge < -0.3 is 9.84 Å². The Labute approximate surface area is 170 Å². The van der Waals surface area contributed by atoms with E-state index in [0.29, 0.717) is 16.3 Å². The van der Waals surface area contributed by atoms with Crippen LogP contribution in [0.1, 0.15) is 26.2 Å². The monoisotopic (exact) mass is 411 g/mol. The molecular weight excluding hydrogens is 394 g/mol. The molecule has 1 amide bonds. The van der Waals surface area contributed by atoms with Crippen molar-refractivity contribution >= 4 is 40.1 Å². The third kappa shape index (κ3) is 2.93. The first-order chi connectivity index (χ1) is 13.5. The molecule has 0 saturated carbocycles. The molecule has 1 atom stereocenters. The number of aliphatic hydroxyl groups excluding tert-OH is 1. The van der Waals surface area contributed by atoms with Crippen molar-refractivity contribution in [3.63, 3.8) is 0 Å². The number of benzene rings is 1. The lowest BCUT2D eigenvalue weighted by molar-refractivity contribution is -0.117. The first kappa shape index (κ1) is 18.5. The van der Waals surface area contributed by atoms with Crippen LogP contribution in [0.3, 0.4) is 0 Å². The molecule has 1 aliphatic rings. The van der Waals surface area contributed by atoms with E-state index in [2.05, 4.69) is 0 Å². The van der Waals surface area contributed by atoms with Crippen molar-refractivity contribution in [1.82, 2.24) is 0 Å². The molecule has 4 rings (SSSR count). The second-order valence-electron chi connectivity index (χ2n) is 6.32. The van der Waals surface area contributed by atoms with E-state index >= 15 is 0 Å². The van der Waals surface area contributed by atoms with Gasteiger partial charge in [0.25, 0.3) is 5.91 Å². The predicted octanol–water partition coefficient (Wildman–Crippen LogP) is 4.91. The highest BCUT2D eigenvalue weighted by atomic mass is 32.1. The van der Waals surface area contributed by atoms with Crippen LogP contribution in [-0.2, 0) is 4.79 Å². The van der Waals surface area contributed by atoms with Crippen LogP contribution >= 0.6 is 22.7 Å². The maximum absolute atomic E-state index is 13.2. The van der Waals surface area contributed by atoms with Crippen molar-refractivity contribution in [1.29, 1.82) is 0 Å². The highest BCUT2D eigenvalue weighted by molar-refractivity contribution is 7.12. The van der Waals surface area contributed by atoms with E-state index in [1.54, 1.807) is 48.9 Å². The zero-order chi connectivity index (χ0) is 19.8. The topological polar surface area (TPSA) is 66.8 Å². The Kier molecular flexibility index (Phi) is 4.78. The zero-order valence-electron chi connectivity index (χ0n) is 15.2. The Bertz CT molecular complexity index is 1080. The third-order valence-electron chi connectivity index (χ3n) is 4.68. The Hall–Kier alpha value is -2.90. The van der Waals surface area contributed by atoms with Crippen molar-refractivity contribution < 1.29 is 19.4 Å². The molecule has 2 aromatic heterocycles. The minimum absolute atomic E-state index is 0.112. The maximum Gasteiger partial charge on any atom is 0.294 e. The Morgan fingerprint density at radius 3 is 2.61 bits per heavy atom. The summed E-state index contributed by atoms with van der Waals surface area (Å²) in [6.45, 7) is 1.93. The molecular formula is C21H17NO4S2. The Morgan fingerprint density at radius 1 is 1.14 bits per heavy atom. The van der Waals surface area contributed by atoms with Crippen molar-refractivity contribution in [2.45, 2.75) is 13.0 Å². The van der Waals surface area contributed by atoms with Gasteiger partial charge in [-0.1, -0.05) is 12.1 Å². The molecule has 0 fully saturated rings. The number of nitrogens with zero attached hydrogens (tertiary/aromatic N) is 1. The minimum Gasteiger partial charge on any atom is -0.503 e. The molecule has 0 aliphatic carbocycles. The number of Topliss-reactive ketones (excluding diaryl/α,β-unsaturated/α-hetero) is 1. The number of methoxy groups -OCH3 is 1. The number of anilines is 1. The molecule has 1 N–H and O–H groups in total. The molecule has 7 heteroatoms. The second kappa shape index (κ2) is 7.26. The van der Waals surface area contributed by atoms with Crippen LogP contribution in [0.4, 0.5) is 5.69 Å². The number of amides is 1. The summed E-state index contributed by atoms with van der Waals surface area (Å²) in [7, 11) is 1.55. The molecule has 1 unspecified atom stereocenters. The molecule has 0 saturated heterocycles. The van der Waals surface area contributed by atoms with Gasteiger partial charge in [0.05, 0.1) is 17.6 Å². The summed E-state index contributed by atoms with van der Waals surface area (Å²) in [5, 5.41) is 14.4. The summed E-state index contributed by atoms with van der Waals surface area (Å²) in [6, 6.07) is 11.8. The first-order valence-electron chi connectivity index (χ1n) is 8.56. The lowest BCUT2D eigenvalue weighted by Crippen LogP contribution is -2.30. The molecule has 3 aromatic rings. The summed E-state index contributed by atoms with van der Waals surface area (Å²) in [5.41, 5.74) is 1.63. The molecule has 0 radical (unpaired) electrons. The van der Waals surface area contributed by atoms with Gasteiger partial charge in [0.1, 0.15) is 11.8 Å². The highest BCUT2D eigenvalue weighted by Gasteiger charge is 2.45. The normalized spacial score (nSPS) is 16.7. The summed E-state index contributed by atoms with van der Waals surface area (Å²) >= 11 is 2.74. The summed E-state index contributed by atoms with van der Waals surface area (Å²) in [6.07, 6.45) is 0. The van der Waals surface area contributed by atoms with E-state index < -0.39 is 17.7 Å². The van der Waals surface area contributed by atoms with Gasteiger partial charge in [0.2, 0.25) is 5.78 Å². The summed E-state index contributed by atoms with van der Waals surface area (Å²) in [5.74, 6) is -0.835. The molecule has 0 spiro atoms. The van der Waals surface area contributed by atoms with Gasteiger partial charge in [-0.2, -0.15) is 0 Å². The van der Waals surface area contributed by atoms with Crippen LogP contribution in [0.15, 0.2) is 64.6 Å². The van der Waals surface area contributed by atoms with Crippen molar-refractivity contribution in [2.24, 2.45) is 0 Å². The fourth-order valence-corrected chi connectivity index (χ4v) is 5.02. The van der Waals surface area contributed by atoms with Crippen LogP contribution in [0, 0.1) is 6.92 Å². The number of rotatable bonds is 5. The van der Waals surface area contributed by atoms with Crippen LogP contribution in [0.2, 0.25) is 0 Å². The van der Waals surface area contributed by atoms with Crippen molar-refractivity contribution in [3.8, 4) is 5.75 Å². The van der Waals surface area contributed by atoms with E-state index in [4.69, 9.17) is 4.74 Å². The first-order valence-corrected chi connectivity index (χ1v) is 10.3. The molecule has 28 heavy (non-hydrogen) atoms. The average molecular weight is 412 g/mol. The van der Waals surface area contributed by atoms with E-state index in [1.807, 2.05) is 18.4 Å². The maximum atomic E-state index is 13.2. The Morgan fingerprint density at radius 2 is 1.96 bits per heavy atom. The van der Waals surface area contributed by atoms with E-state index in [1.165, 1.54) is 27.6 Å². The number of thiophene rings is 2. The SMILES string of the molecule is COc1cccc(N2C(=O)C(O)=C(C(=O)c3cccs3)C2c2sccc2C)c1. The predicted molar refractivity (Wildman–Crippen MR) is 111 cm³/mol. The number of carbonyl (C=O) groups excluding carboxylic acids is 2. The van der Waals surface area contributed by atoms with E-state index in [9.17, 15) is 14.7 Å². The van der Waals surface area contributed by atoms with Crippen LogP contribution in [0.5, 0.6) is 5.75 Å². The van der Waals surface area contributed by atoms with Crippen molar-refractivity contribution in [2.75, 3.05) is 12.0 Å². The number of aryl methyl sites for hydroxylation is 1. The zero-order valence-corrected chi connectivity index (χ0v) is 16.8. The lowest BCUT2D eigenvalue weighted by atomic mass is 9.99. The van der Waals surface area contributed by atoms with E-state index in [-0.39, 0.29) is 11.4 Å². The minimum atomic E-state index is -0.686. The smallest absolute Gasteiger partial charge is 0.294 e. The number of hydrogen-bond donors (Lipinski definition) is 1.